The van der Waals surface area contributed by atoms with Crippen molar-refractivity contribution in [3.8, 4) is 0 Å². The number of rotatable bonds is 8. The highest BCUT2D eigenvalue weighted by molar-refractivity contribution is 5.05. The van der Waals surface area contributed by atoms with Crippen molar-refractivity contribution >= 4 is 0 Å². The van der Waals surface area contributed by atoms with Gasteiger partial charge in [-0.3, -0.25) is 0 Å². The smallest absolute Gasteiger partial charge is 0.106 e. The highest BCUT2D eigenvalue weighted by atomic mass is 16.3. The van der Waals surface area contributed by atoms with E-state index in [1.54, 1.807) is 0 Å². The van der Waals surface area contributed by atoms with Crippen LogP contribution < -0.4 is 5.32 Å². The van der Waals surface area contributed by atoms with Gasteiger partial charge in [-0.15, -0.1) is 0 Å². The van der Waals surface area contributed by atoms with E-state index in [1.165, 1.54) is 50.7 Å². The Bertz CT molecular complexity index is 363. The molecular formula is C19H33NO. The lowest BCUT2D eigenvalue weighted by atomic mass is 9.87. The first-order valence-electron chi connectivity index (χ1n) is 8.92. The molecule has 1 aromatic heterocycles. The molecule has 1 aliphatic carbocycles. The Morgan fingerprint density at radius 3 is 2.52 bits per heavy atom. The van der Waals surface area contributed by atoms with Crippen LogP contribution in [0.2, 0.25) is 0 Å². The Morgan fingerprint density at radius 1 is 1.14 bits per heavy atom. The summed E-state index contributed by atoms with van der Waals surface area (Å²) in [7, 11) is 0. The van der Waals surface area contributed by atoms with E-state index in [4.69, 9.17) is 4.42 Å². The summed E-state index contributed by atoms with van der Waals surface area (Å²) < 4.78 is 5.66. The topological polar surface area (TPSA) is 25.2 Å². The molecule has 1 atom stereocenters. The van der Waals surface area contributed by atoms with Gasteiger partial charge in [-0.2, -0.15) is 0 Å². The summed E-state index contributed by atoms with van der Waals surface area (Å²) in [4.78, 5) is 0. The second kappa shape index (κ2) is 8.63. The predicted octanol–water partition coefficient (Wildman–Crippen LogP) is 5.36. The quantitative estimate of drug-likeness (QED) is 0.697. The molecule has 0 spiro atoms. The molecule has 0 radical (unpaired) electrons. The van der Waals surface area contributed by atoms with Gasteiger partial charge in [0.1, 0.15) is 5.76 Å². The van der Waals surface area contributed by atoms with Crippen LogP contribution in [0, 0.1) is 11.8 Å². The first kappa shape index (κ1) is 16.6. The van der Waals surface area contributed by atoms with Crippen molar-refractivity contribution < 1.29 is 4.42 Å². The molecule has 0 amide bonds. The molecule has 1 N–H and O–H groups in total. The van der Waals surface area contributed by atoms with Gasteiger partial charge in [0.05, 0.1) is 6.26 Å². The third-order valence-electron chi connectivity index (χ3n) is 4.98. The lowest BCUT2D eigenvalue weighted by Gasteiger charge is -2.27. The zero-order valence-electron chi connectivity index (χ0n) is 14.1. The average Bonchev–Trinajstić information content (AvgIpc) is 2.98. The fourth-order valence-electron chi connectivity index (χ4n) is 3.41. The fourth-order valence-corrected chi connectivity index (χ4v) is 3.41. The van der Waals surface area contributed by atoms with Gasteiger partial charge in [-0.25, -0.2) is 0 Å². The molecule has 0 unspecified atom stereocenters. The molecule has 0 saturated heterocycles. The summed E-state index contributed by atoms with van der Waals surface area (Å²) in [5, 5.41) is 3.78. The zero-order valence-corrected chi connectivity index (χ0v) is 14.1. The Kier molecular flexibility index (Phi) is 6.82. The van der Waals surface area contributed by atoms with Crippen LogP contribution in [-0.2, 0) is 0 Å². The van der Waals surface area contributed by atoms with Gasteiger partial charge >= 0.3 is 0 Å². The van der Waals surface area contributed by atoms with Crippen molar-refractivity contribution in [3.63, 3.8) is 0 Å². The molecule has 2 heteroatoms. The minimum absolute atomic E-state index is 0.581. The maximum atomic E-state index is 5.66. The molecule has 2 rings (SSSR count). The van der Waals surface area contributed by atoms with E-state index < -0.39 is 0 Å². The third-order valence-corrected chi connectivity index (χ3v) is 4.98. The Balaban J connectivity index is 1.74. The van der Waals surface area contributed by atoms with E-state index in [2.05, 4.69) is 32.2 Å². The van der Waals surface area contributed by atoms with Crippen molar-refractivity contribution in [3.05, 3.63) is 24.2 Å². The van der Waals surface area contributed by atoms with Crippen molar-refractivity contribution in [2.45, 2.75) is 77.7 Å². The lowest BCUT2D eigenvalue weighted by molar-refractivity contribution is 0.301. The molecule has 1 saturated carbocycles. The summed E-state index contributed by atoms with van der Waals surface area (Å²) in [6.07, 6.45) is 11.1. The second-order valence-corrected chi connectivity index (χ2v) is 7.38. The number of furan rings is 1. The van der Waals surface area contributed by atoms with Crippen LogP contribution in [0.1, 0.15) is 77.4 Å². The standard InChI is InChI=1S/C19H33NO/c1-15(2)6-9-17(19-5-4-14-21-19)12-13-20-18-10-7-16(3)8-11-18/h4-5,14-18,20H,6-13H2,1-3H3/t16?,17-,18?/m0/s1. The maximum absolute atomic E-state index is 5.66. The van der Waals surface area contributed by atoms with Crippen LogP contribution >= 0.6 is 0 Å². The van der Waals surface area contributed by atoms with E-state index in [1.807, 2.05) is 12.3 Å². The van der Waals surface area contributed by atoms with Crippen LogP contribution in [0.5, 0.6) is 0 Å². The highest BCUT2D eigenvalue weighted by Gasteiger charge is 2.19. The molecule has 1 aromatic rings. The summed E-state index contributed by atoms with van der Waals surface area (Å²) in [6, 6.07) is 4.92. The van der Waals surface area contributed by atoms with E-state index >= 15 is 0 Å². The summed E-state index contributed by atoms with van der Waals surface area (Å²) in [5.41, 5.74) is 0. The number of nitrogens with one attached hydrogen (secondary N) is 1. The maximum Gasteiger partial charge on any atom is 0.106 e. The number of hydrogen-bond acceptors (Lipinski definition) is 2. The monoisotopic (exact) mass is 291 g/mol. The molecule has 1 heterocycles. The van der Waals surface area contributed by atoms with Crippen molar-refractivity contribution in [2.75, 3.05) is 6.54 Å². The number of hydrogen-bond donors (Lipinski definition) is 1. The van der Waals surface area contributed by atoms with E-state index in [-0.39, 0.29) is 0 Å². The SMILES string of the molecule is CC(C)CC[C@@H](CCNC1CCC(C)CC1)c1ccco1. The van der Waals surface area contributed by atoms with Gasteiger partial charge in [0.15, 0.2) is 0 Å². The molecular weight excluding hydrogens is 258 g/mol. The van der Waals surface area contributed by atoms with E-state index in [0.29, 0.717) is 5.92 Å². The average molecular weight is 291 g/mol. The van der Waals surface area contributed by atoms with Crippen LogP contribution in [0.15, 0.2) is 22.8 Å². The Labute approximate surface area is 130 Å². The van der Waals surface area contributed by atoms with Crippen LogP contribution in [-0.4, -0.2) is 12.6 Å². The van der Waals surface area contributed by atoms with Crippen molar-refractivity contribution in [1.29, 1.82) is 0 Å². The Morgan fingerprint density at radius 2 is 1.90 bits per heavy atom. The minimum atomic E-state index is 0.581. The molecule has 1 aliphatic rings. The van der Waals surface area contributed by atoms with Gasteiger partial charge in [0, 0.05) is 12.0 Å². The summed E-state index contributed by atoms with van der Waals surface area (Å²) >= 11 is 0. The first-order chi connectivity index (χ1) is 10.1. The van der Waals surface area contributed by atoms with E-state index in [0.717, 1.165) is 24.4 Å². The van der Waals surface area contributed by atoms with Crippen molar-refractivity contribution in [2.24, 2.45) is 11.8 Å². The lowest BCUT2D eigenvalue weighted by Crippen LogP contribution is -2.33. The third kappa shape index (κ3) is 5.86. The predicted molar refractivity (Wildman–Crippen MR) is 89.6 cm³/mol. The van der Waals surface area contributed by atoms with E-state index in [9.17, 15) is 0 Å². The molecule has 0 aliphatic heterocycles. The molecule has 0 aromatic carbocycles. The molecule has 21 heavy (non-hydrogen) atoms. The molecule has 1 fully saturated rings. The molecule has 120 valence electrons. The van der Waals surface area contributed by atoms with Gasteiger partial charge < -0.3 is 9.73 Å². The van der Waals surface area contributed by atoms with Gasteiger partial charge in [-0.05, 0) is 69.0 Å². The van der Waals surface area contributed by atoms with Gasteiger partial charge in [-0.1, -0.05) is 27.2 Å². The largest absolute Gasteiger partial charge is 0.469 e. The minimum Gasteiger partial charge on any atom is -0.469 e. The van der Waals surface area contributed by atoms with Crippen LogP contribution in [0.25, 0.3) is 0 Å². The van der Waals surface area contributed by atoms with Crippen molar-refractivity contribution in [1.82, 2.24) is 5.32 Å². The summed E-state index contributed by atoms with van der Waals surface area (Å²) in [5.74, 6) is 3.47. The van der Waals surface area contributed by atoms with Gasteiger partial charge in [0.25, 0.3) is 0 Å². The second-order valence-electron chi connectivity index (χ2n) is 7.38. The Hall–Kier alpha value is -0.760. The fraction of sp³-hybridized carbons (Fsp3) is 0.789. The first-order valence-corrected chi connectivity index (χ1v) is 8.92. The van der Waals surface area contributed by atoms with Crippen LogP contribution in [0.4, 0.5) is 0 Å². The van der Waals surface area contributed by atoms with Gasteiger partial charge in [0.2, 0.25) is 0 Å². The highest BCUT2D eigenvalue weighted by Crippen LogP contribution is 2.28. The van der Waals surface area contributed by atoms with Crippen LogP contribution in [0.3, 0.4) is 0 Å². The molecule has 2 nitrogen and oxygen atoms in total. The normalized spacial score (nSPS) is 24.4. The molecule has 0 bridgehead atoms. The summed E-state index contributed by atoms with van der Waals surface area (Å²) in [6.45, 7) is 8.12. The zero-order chi connectivity index (χ0) is 15.1.